The molecule has 24 heavy (non-hydrogen) atoms. The molecule has 0 saturated heterocycles. The van der Waals surface area contributed by atoms with Crippen LogP contribution in [0.5, 0.6) is 0 Å². The molecular weight excluding hydrogens is 322 g/mol. The maximum absolute atomic E-state index is 4.71. The first kappa shape index (κ1) is 15.6. The van der Waals surface area contributed by atoms with Gasteiger partial charge in [-0.05, 0) is 6.42 Å². The summed E-state index contributed by atoms with van der Waals surface area (Å²) in [6.45, 7) is 9.53. The number of hydrogen-bond donors (Lipinski definition) is 1. The normalized spacial score (nSPS) is 18.1. The van der Waals surface area contributed by atoms with Gasteiger partial charge in [0.1, 0.15) is 11.6 Å². The van der Waals surface area contributed by atoms with E-state index in [4.69, 9.17) is 4.98 Å². The van der Waals surface area contributed by atoms with Crippen LogP contribution < -0.4 is 5.32 Å². The Labute approximate surface area is 145 Å². The largest absolute Gasteiger partial charge is 0.356 e. The lowest BCUT2D eigenvalue weighted by molar-refractivity contribution is 0.466. The second-order valence-corrected chi connectivity index (χ2v) is 8.34. The van der Waals surface area contributed by atoms with E-state index < -0.39 is 0 Å². The lowest BCUT2D eigenvalue weighted by Crippen LogP contribution is -2.32. The molecule has 0 fully saturated rings. The second-order valence-electron chi connectivity index (χ2n) is 7.39. The van der Waals surface area contributed by atoms with Crippen LogP contribution in [0.4, 0.5) is 5.13 Å². The van der Waals surface area contributed by atoms with E-state index in [1.807, 2.05) is 10.7 Å². The number of rotatable bonds is 3. The average Bonchev–Trinajstić information content (AvgIpc) is 3.18. The third kappa shape index (κ3) is 2.68. The summed E-state index contributed by atoms with van der Waals surface area (Å²) in [6, 6.07) is 0.358. The molecule has 3 aromatic rings. The molecule has 3 aromatic heterocycles. The van der Waals surface area contributed by atoms with Crippen molar-refractivity contribution in [1.82, 2.24) is 29.4 Å². The first-order valence-electron chi connectivity index (χ1n) is 8.48. The number of hydrogen-bond acceptors (Lipinski definition) is 6. The molecule has 0 radical (unpaired) electrons. The van der Waals surface area contributed by atoms with Crippen molar-refractivity contribution in [3.8, 4) is 0 Å². The molecule has 0 amide bonds. The van der Waals surface area contributed by atoms with Crippen LogP contribution in [0.25, 0.3) is 4.96 Å². The Hall–Kier alpha value is -1.96. The van der Waals surface area contributed by atoms with Gasteiger partial charge >= 0.3 is 0 Å². The topological polar surface area (TPSA) is 72.9 Å². The smallest absolute Gasteiger partial charge is 0.214 e. The van der Waals surface area contributed by atoms with E-state index in [9.17, 15) is 0 Å². The van der Waals surface area contributed by atoms with Gasteiger partial charge in [0.05, 0.1) is 11.9 Å². The minimum Gasteiger partial charge on any atom is -0.356 e. The standard InChI is InChI=1S/C16H23N7S/c1-5-12-19-20-13-7-6-10(8-22(12)13)17-14-21-23-9-11(16(2,3)4)18-15(23)24-14/h9-10H,5-8H2,1-4H3,(H,17,21). The summed E-state index contributed by atoms with van der Waals surface area (Å²) in [4.78, 5) is 5.65. The van der Waals surface area contributed by atoms with Crippen LogP contribution in [0.1, 0.15) is 51.5 Å². The van der Waals surface area contributed by atoms with Crippen molar-refractivity contribution in [1.29, 1.82) is 0 Å². The fourth-order valence-corrected chi connectivity index (χ4v) is 3.92. The van der Waals surface area contributed by atoms with Crippen molar-refractivity contribution in [3.63, 3.8) is 0 Å². The summed E-state index contributed by atoms with van der Waals surface area (Å²) in [7, 11) is 0. The predicted molar refractivity (Wildman–Crippen MR) is 94.7 cm³/mol. The average molecular weight is 345 g/mol. The first-order chi connectivity index (χ1) is 11.4. The number of aryl methyl sites for hydroxylation is 2. The molecule has 0 saturated carbocycles. The van der Waals surface area contributed by atoms with E-state index >= 15 is 0 Å². The number of nitrogens with zero attached hydrogens (tertiary/aromatic N) is 6. The van der Waals surface area contributed by atoms with Gasteiger partial charge in [-0.15, -0.1) is 15.3 Å². The second kappa shape index (κ2) is 5.54. The molecular formula is C16H23N7S. The van der Waals surface area contributed by atoms with Crippen LogP contribution in [0.15, 0.2) is 6.20 Å². The lowest BCUT2D eigenvalue weighted by atomic mass is 9.93. The molecule has 0 spiro atoms. The lowest BCUT2D eigenvalue weighted by Gasteiger charge is -2.24. The summed E-state index contributed by atoms with van der Waals surface area (Å²) in [5, 5.41) is 17.7. The Bertz CT molecular complexity index is 822. The van der Waals surface area contributed by atoms with Gasteiger partial charge in [0.25, 0.3) is 0 Å². The Kier molecular flexibility index (Phi) is 3.59. The summed E-state index contributed by atoms with van der Waals surface area (Å²) < 4.78 is 4.13. The minimum atomic E-state index is 0.0474. The molecule has 4 heterocycles. The quantitative estimate of drug-likeness (QED) is 0.790. The van der Waals surface area contributed by atoms with E-state index in [-0.39, 0.29) is 5.41 Å². The third-order valence-corrected chi connectivity index (χ3v) is 5.33. The van der Waals surface area contributed by atoms with Gasteiger partial charge in [-0.3, -0.25) is 0 Å². The minimum absolute atomic E-state index is 0.0474. The van der Waals surface area contributed by atoms with Gasteiger partial charge in [0.15, 0.2) is 0 Å². The molecule has 1 aliphatic rings. The van der Waals surface area contributed by atoms with Gasteiger partial charge in [-0.25, -0.2) is 9.50 Å². The van der Waals surface area contributed by atoms with Crippen molar-refractivity contribution in [2.24, 2.45) is 0 Å². The molecule has 1 atom stereocenters. The highest BCUT2D eigenvalue weighted by atomic mass is 32.1. The number of imidazole rings is 1. The Morgan fingerprint density at radius 1 is 1.33 bits per heavy atom. The van der Waals surface area contributed by atoms with Crippen molar-refractivity contribution in [2.75, 3.05) is 5.32 Å². The van der Waals surface area contributed by atoms with Crippen LogP contribution in [0, 0.1) is 0 Å². The van der Waals surface area contributed by atoms with E-state index in [0.29, 0.717) is 6.04 Å². The molecule has 1 aliphatic heterocycles. The molecule has 1 N–H and O–H groups in total. The highest BCUT2D eigenvalue weighted by molar-refractivity contribution is 7.20. The molecule has 0 bridgehead atoms. The molecule has 0 aromatic carbocycles. The van der Waals surface area contributed by atoms with Crippen molar-refractivity contribution >= 4 is 21.4 Å². The molecule has 128 valence electrons. The van der Waals surface area contributed by atoms with Crippen molar-refractivity contribution < 1.29 is 0 Å². The number of anilines is 1. The maximum atomic E-state index is 4.71. The van der Waals surface area contributed by atoms with Crippen LogP contribution in [-0.2, 0) is 24.8 Å². The zero-order chi connectivity index (χ0) is 16.9. The Morgan fingerprint density at radius 3 is 2.88 bits per heavy atom. The van der Waals surface area contributed by atoms with Crippen molar-refractivity contribution in [2.45, 2.75) is 65.0 Å². The summed E-state index contributed by atoms with van der Waals surface area (Å²) in [5.41, 5.74) is 1.12. The number of aromatic nitrogens is 6. The number of nitrogens with one attached hydrogen (secondary N) is 1. The Morgan fingerprint density at radius 2 is 2.17 bits per heavy atom. The van der Waals surface area contributed by atoms with Gasteiger partial charge in [-0.1, -0.05) is 39.0 Å². The zero-order valence-electron chi connectivity index (χ0n) is 14.6. The van der Waals surface area contributed by atoms with E-state index in [0.717, 1.165) is 53.2 Å². The van der Waals surface area contributed by atoms with Crippen LogP contribution >= 0.6 is 11.3 Å². The maximum Gasteiger partial charge on any atom is 0.214 e. The van der Waals surface area contributed by atoms with Crippen LogP contribution in [-0.4, -0.2) is 35.4 Å². The molecule has 8 heteroatoms. The van der Waals surface area contributed by atoms with Crippen LogP contribution in [0.2, 0.25) is 0 Å². The summed E-state index contributed by atoms with van der Waals surface area (Å²) >= 11 is 1.61. The SMILES string of the molecule is CCc1nnc2n1CC(Nc1nn3cc(C(C)(C)C)nc3s1)CC2. The highest BCUT2D eigenvalue weighted by Crippen LogP contribution is 2.27. The van der Waals surface area contributed by atoms with E-state index in [1.165, 1.54) is 0 Å². The molecule has 7 nitrogen and oxygen atoms in total. The predicted octanol–water partition coefficient (Wildman–Crippen LogP) is 2.67. The van der Waals surface area contributed by atoms with Gasteiger partial charge in [-0.2, -0.15) is 0 Å². The van der Waals surface area contributed by atoms with Crippen LogP contribution in [0.3, 0.4) is 0 Å². The van der Waals surface area contributed by atoms with E-state index in [1.54, 1.807) is 11.3 Å². The fraction of sp³-hybridized carbons (Fsp3) is 0.625. The molecule has 4 rings (SSSR count). The zero-order valence-corrected chi connectivity index (χ0v) is 15.4. The fourth-order valence-electron chi connectivity index (χ4n) is 3.06. The highest BCUT2D eigenvalue weighted by Gasteiger charge is 2.24. The monoisotopic (exact) mass is 345 g/mol. The first-order valence-corrected chi connectivity index (χ1v) is 9.30. The third-order valence-electron chi connectivity index (χ3n) is 4.48. The van der Waals surface area contributed by atoms with Gasteiger partial charge < -0.3 is 9.88 Å². The summed E-state index contributed by atoms with van der Waals surface area (Å²) in [5.74, 6) is 2.17. The number of fused-ring (bicyclic) bond motifs is 2. The Balaban J connectivity index is 1.51. The van der Waals surface area contributed by atoms with Gasteiger partial charge in [0, 0.05) is 30.8 Å². The van der Waals surface area contributed by atoms with Crippen molar-refractivity contribution in [3.05, 3.63) is 23.5 Å². The summed E-state index contributed by atoms with van der Waals surface area (Å²) in [6.07, 6.45) is 4.96. The molecule has 0 aliphatic carbocycles. The van der Waals surface area contributed by atoms with E-state index in [2.05, 4.69) is 52.9 Å². The van der Waals surface area contributed by atoms with Gasteiger partial charge in [0.2, 0.25) is 10.1 Å². The molecule has 1 unspecified atom stereocenters.